The van der Waals surface area contributed by atoms with Crippen molar-refractivity contribution in [1.82, 2.24) is 9.97 Å². The van der Waals surface area contributed by atoms with Crippen LogP contribution in [0.3, 0.4) is 0 Å². The summed E-state index contributed by atoms with van der Waals surface area (Å²) in [5.41, 5.74) is 2.73. The molecular formula is C9H10I2N2-2. The zero-order chi connectivity index (χ0) is 8.84. The predicted molar refractivity (Wildman–Crippen MR) is 42.0 cm³/mol. The monoisotopic (exact) mass is 400 g/mol. The van der Waals surface area contributed by atoms with E-state index in [0.29, 0.717) is 42.4 Å². The summed E-state index contributed by atoms with van der Waals surface area (Å²) in [6.45, 7) is 2.04. The summed E-state index contributed by atoms with van der Waals surface area (Å²) in [4.78, 5) is 9.07. The van der Waals surface area contributed by atoms with Gasteiger partial charge in [-0.3, -0.25) is 0 Å². The van der Waals surface area contributed by atoms with Gasteiger partial charge in [-0.15, -0.1) is 0 Å². The molecule has 0 bridgehead atoms. The van der Waals surface area contributed by atoms with E-state index < -0.39 is 0 Å². The van der Waals surface area contributed by atoms with Gasteiger partial charge in [-0.1, -0.05) is 0 Å². The molecule has 3 rings (SSSR count). The van der Waals surface area contributed by atoms with Crippen LogP contribution in [0, 0.1) is 6.92 Å². The van der Waals surface area contributed by atoms with Crippen LogP contribution in [0.1, 0.15) is 25.1 Å². The second kappa shape index (κ2) is 3.29. The molecule has 72 valence electrons. The van der Waals surface area contributed by atoms with Gasteiger partial charge in [0.25, 0.3) is 0 Å². The van der Waals surface area contributed by atoms with Crippen molar-refractivity contribution in [1.29, 1.82) is 0 Å². The Balaban J connectivity index is 1.99. The van der Waals surface area contributed by atoms with E-state index in [1.165, 1.54) is 20.2 Å². The van der Waals surface area contributed by atoms with Gasteiger partial charge in [0.2, 0.25) is 0 Å². The van der Waals surface area contributed by atoms with Crippen LogP contribution >= 0.6 is 0 Å². The molecule has 0 N–H and O–H groups in total. The van der Waals surface area contributed by atoms with Gasteiger partial charge in [0, 0.05) is 0 Å². The third-order valence-electron chi connectivity index (χ3n) is 2.14. The quantitative estimate of drug-likeness (QED) is 0.368. The van der Waals surface area contributed by atoms with Crippen molar-refractivity contribution in [2.45, 2.75) is 14.8 Å². The summed E-state index contributed by atoms with van der Waals surface area (Å²) in [6, 6.07) is 2.29. The average Bonchev–Trinajstić information content (AvgIpc) is 2.98. The average molecular weight is 400 g/mol. The summed E-state index contributed by atoms with van der Waals surface area (Å²) >= 11 is 0.978. The number of rotatable bonds is 2. The standard InChI is InChI=1S/C9H10I2N2/c1-5-12-8(6-3-10-6)2-9(13-5)7-4-11-7/h2,6-7H,3-4H2,1H3/q-2. The van der Waals surface area contributed by atoms with Gasteiger partial charge in [0.1, 0.15) is 0 Å². The van der Waals surface area contributed by atoms with E-state index in [0.717, 1.165) is 13.7 Å². The first-order valence-corrected chi connectivity index (χ1v) is 9.88. The molecule has 0 saturated carbocycles. The Labute approximate surface area is 98.5 Å². The molecule has 2 atom stereocenters. The van der Waals surface area contributed by atoms with Crippen LogP contribution in [0.2, 0.25) is 0 Å². The molecule has 2 nitrogen and oxygen atoms in total. The van der Waals surface area contributed by atoms with Gasteiger partial charge in [-0.25, -0.2) is 0 Å². The zero-order valence-corrected chi connectivity index (χ0v) is 11.6. The topological polar surface area (TPSA) is 25.8 Å². The van der Waals surface area contributed by atoms with Gasteiger partial charge in [0.05, 0.1) is 0 Å². The zero-order valence-electron chi connectivity index (χ0n) is 7.30. The molecule has 2 fully saturated rings. The number of alkyl halides is 4. The Hall–Kier alpha value is 0.540. The minimum absolute atomic E-state index is 0.489. The number of hydrogen-bond acceptors (Lipinski definition) is 2. The maximum atomic E-state index is 4.53. The van der Waals surface area contributed by atoms with E-state index in [2.05, 4.69) is 16.0 Å². The van der Waals surface area contributed by atoms with Gasteiger partial charge in [0.15, 0.2) is 0 Å². The molecule has 4 heteroatoms. The van der Waals surface area contributed by atoms with Crippen molar-refractivity contribution in [3.8, 4) is 0 Å². The predicted octanol–water partition coefficient (Wildman–Crippen LogP) is -4.93. The molecule has 2 unspecified atom stereocenters. The van der Waals surface area contributed by atoms with Crippen molar-refractivity contribution in [2.75, 3.05) is 8.86 Å². The van der Waals surface area contributed by atoms with Crippen LogP contribution in [-0.4, -0.2) is 18.8 Å². The first kappa shape index (κ1) is 8.82. The van der Waals surface area contributed by atoms with E-state index in [1.54, 1.807) is 0 Å². The first-order valence-electron chi connectivity index (χ1n) is 4.34. The molecular weight excluding hydrogens is 390 g/mol. The molecule has 13 heavy (non-hydrogen) atoms. The van der Waals surface area contributed by atoms with Gasteiger partial charge in [-0.2, -0.15) is 0 Å². The maximum absolute atomic E-state index is 4.53. The van der Waals surface area contributed by atoms with Crippen molar-refractivity contribution < 1.29 is 42.4 Å². The van der Waals surface area contributed by atoms with Crippen molar-refractivity contribution in [3.63, 3.8) is 0 Å². The number of hydrogen-bond donors (Lipinski definition) is 0. The number of nitrogens with zero attached hydrogens (tertiary/aromatic N) is 2. The second-order valence-corrected chi connectivity index (χ2v) is 9.85. The fourth-order valence-electron chi connectivity index (χ4n) is 1.34. The van der Waals surface area contributed by atoms with Crippen molar-refractivity contribution >= 4 is 0 Å². The number of aryl methyl sites for hydroxylation is 1. The van der Waals surface area contributed by atoms with Crippen LogP contribution in [0.4, 0.5) is 0 Å². The summed E-state index contributed by atoms with van der Waals surface area (Å²) in [5, 5.41) is 0. The van der Waals surface area contributed by atoms with E-state index in [1.807, 2.05) is 6.92 Å². The fraction of sp³-hybridized carbons (Fsp3) is 0.556. The van der Waals surface area contributed by atoms with Gasteiger partial charge < -0.3 is 0 Å². The molecule has 2 aliphatic heterocycles. The molecule has 0 amide bonds. The van der Waals surface area contributed by atoms with E-state index in [4.69, 9.17) is 0 Å². The molecule has 2 aliphatic rings. The van der Waals surface area contributed by atoms with E-state index >= 15 is 0 Å². The van der Waals surface area contributed by atoms with Gasteiger partial charge >= 0.3 is 99.3 Å². The van der Waals surface area contributed by atoms with Crippen molar-refractivity contribution in [2.24, 2.45) is 0 Å². The molecule has 1 aromatic rings. The van der Waals surface area contributed by atoms with Gasteiger partial charge in [-0.05, 0) is 0 Å². The Bertz CT molecular complexity index is 315. The third-order valence-corrected chi connectivity index (χ3v) is 6.94. The third kappa shape index (κ3) is 1.98. The molecule has 0 aliphatic carbocycles. The number of halogens is 2. The first-order chi connectivity index (χ1) is 6.33. The molecule has 0 aromatic carbocycles. The normalized spacial score (nSPS) is 31.5. The van der Waals surface area contributed by atoms with Crippen LogP contribution in [0.5, 0.6) is 0 Å². The summed E-state index contributed by atoms with van der Waals surface area (Å²) in [6.07, 6.45) is 0. The van der Waals surface area contributed by atoms with Crippen LogP contribution in [-0.2, 0) is 0 Å². The fourth-order valence-corrected chi connectivity index (χ4v) is 4.29. The Kier molecular flexibility index (Phi) is 2.23. The number of aromatic nitrogens is 2. The molecule has 0 radical (unpaired) electrons. The SMILES string of the molecule is Cc1nc(C2C[I-]2)cc(C2C[I-]2)n1. The Morgan fingerprint density at radius 3 is 2.00 bits per heavy atom. The van der Waals surface area contributed by atoms with Crippen LogP contribution < -0.4 is 42.4 Å². The van der Waals surface area contributed by atoms with Crippen LogP contribution in [0.25, 0.3) is 0 Å². The van der Waals surface area contributed by atoms with E-state index in [9.17, 15) is 0 Å². The van der Waals surface area contributed by atoms with Crippen LogP contribution in [0.15, 0.2) is 6.07 Å². The minimum atomic E-state index is 0.489. The molecule has 0 spiro atoms. The van der Waals surface area contributed by atoms with Crippen molar-refractivity contribution in [3.05, 3.63) is 23.3 Å². The summed E-state index contributed by atoms with van der Waals surface area (Å²) in [5.74, 6) is 0.999. The summed E-state index contributed by atoms with van der Waals surface area (Å²) in [7, 11) is 0. The Morgan fingerprint density at radius 2 is 1.62 bits per heavy atom. The van der Waals surface area contributed by atoms with E-state index in [-0.39, 0.29) is 0 Å². The Morgan fingerprint density at radius 1 is 1.15 bits per heavy atom. The molecule has 2 saturated heterocycles. The second-order valence-electron chi connectivity index (χ2n) is 3.32. The molecule has 1 aromatic heterocycles. The summed E-state index contributed by atoms with van der Waals surface area (Å²) < 4.78 is 4.68. The molecule has 3 heterocycles.